The molecule has 0 atom stereocenters. The molecule has 0 spiro atoms. The Hall–Kier alpha value is -1.13. The number of nitrogens with zero attached hydrogens (tertiary/aromatic N) is 2. The van der Waals surface area contributed by atoms with Crippen LogP contribution in [-0.4, -0.2) is 10.2 Å². The fourth-order valence-electron chi connectivity index (χ4n) is 1.06. The van der Waals surface area contributed by atoms with E-state index in [0.717, 1.165) is 0 Å². The van der Waals surface area contributed by atoms with Crippen molar-refractivity contribution in [3.63, 3.8) is 0 Å². The summed E-state index contributed by atoms with van der Waals surface area (Å²) in [5, 5.41) is 7.81. The van der Waals surface area contributed by atoms with Crippen molar-refractivity contribution < 1.29 is 4.42 Å². The van der Waals surface area contributed by atoms with Gasteiger partial charge in [0.25, 0.3) is 0 Å². The summed E-state index contributed by atoms with van der Waals surface area (Å²) in [4.78, 5) is 11.2. The Labute approximate surface area is 88.5 Å². The van der Waals surface area contributed by atoms with Gasteiger partial charge in [0, 0.05) is 5.56 Å². The number of fused-ring (bicyclic) bond motifs is 1. The maximum Gasteiger partial charge on any atom is 0.339 e. The third kappa shape index (κ3) is 1.36. The average molecular weight is 231 g/mol. The van der Waals surface area contributed by atoms with E-state index in [-0.39, 0.29) is 15.9 Å². The highest BCUT2D eigenvalue weighted by atomic mass is 35.5. The molecule has 2 rings (SSSR count). The maximum atomic E-state index is 11.2. The smallest absolute Gasteiger partial charge is 0.339 e. The molecule has 0 aliphatic heterocycles. The lowest BCUT2D eigenvalue weighted by Crippen LogP contribution is -2.03. The van der Waals surface area contributed by atoms with Crippen LogP contribution in [0.2, 0.25) is 10.3 Å². The summed E-state index contributed by atoms with van der Waals surface area (Å²) in [6.45, 7) is 1.62. The molecule has 14 heavy (non-hydrogen) atoms. The van der Waals surface area contributed by atoms with Crippen molar-refractivity contribution in [2.45, 2.75) is 6.92 Å². The van der Waals surface area contributed by atoms with Crippen molar-refractivity contribution in [2.24, 2.45) is 0 Å². The van der Waals surface area contributed by atoms with Gasteiger partial charge in [0.15, 0.2) is 15.9 Å². The van der Waals surface area contributed by atoms with E-state index in [9.17, 15) is 4.79 Å². The van der Waals surface area contributed by atoms with Crippen molar-refractivity contribution in [3.8, 4) is 0 Å². The number of rotatable bonds is 0. The highest BCUT2D eigenvalue weighted by molar-refractivity contribution is 6.37. The molecule has 0 fully saturated rings. The van der Waals surface area contributed by atoms with Crippen LogP contribution in [0.15, 0.2) is 15.3 Å². The molecule has 0 saturated carbocycles. The van der Waals surface area contributed by atoms with Gasteiger partial charge in [-0.15, -0.1) is 10.2 Å². The Kier molecular flexibility index (Phi) is 2.17. The van der Waals surface area contributed by atoms with Gasteiger partial charge in [-0.1, -0.05) is 23.2 Å². The third-order valence-corrected chi connectivity index (χ3v) is 2.28. The molecule has 72 valence electrons. The van der Waals surface area contributed by atoms with Crippen LogP contribution in [0.3, 0.4) is 0 Å². The monoisotopic (exact) mass is 230 g/mol. The summed E-state index contributed by atoms with van der Waals surface area (Å²) in [5.41, 5.74) is 0.161. The number of aromatic nitrogens is 2. The van der Waals surface area contributed by atoms with E-state index in [2.05, 4.69) is 10.2 Å². The maximum absolute atomic E-state index is 11.2. The van der Waals surface area contributed by atoms with Crippen molar-refractivity contribution in [1.29, 1.82) is 0 Å². The second-order valence-corrected chi connectivity index (χ2v) is 3.46. The van der Waals surface area contributed by atoms with Gasteiger partial charge in [0.2, 0.25) is 0 Å². The largest absolute Gasteiger partial charge is 0.419 e. The zero-order valence-electron chi connectivity index (χ0n) is 7.04. The van der Waals surface area contributed by atoms with Gasteiger partial charge < -0.3 is 4.42 Å². The Morgan fingerprint density at radius 2 is 1.93 bits per heavy atom. The molecule has 0 saturated heterocycles. The molecule has 0 radical (unpaired) electrons. The molecule has 0 N–H and O–H groups in total. The number of hydrogen-bond donors (Lipinski definition) is 0. The summed E-state index contributed by atoms with van der Waals surface area (Å²) in [7, 11) is 0. The van der Waals surface area contributed by atoms with Gasteiger partial charge in [-0.2, -0.15) is 0 Å². The first kappa shape index (κ1) is 9.43. The van der Waals surface area contributed by atoms with Gasteiger partial charge in [-0.05, 0) is 13.0 Å². The zero-order valence-corrected chi connectivity index (χ0v) is 8.56. The lowest BCUT2D eigenvalue weighted by Gasteiger charge is -1.99. The minimum atomic E-state index is -0.455. The van der Waals surface area contributed by atoms with Crippen LogP contribution in [0.25, 0.3) is 11.0 Å². The lowest BCUT2D eigenvalue weighted by molar-refractivity contribution is 0.552. The Morgan fingerprint density at radius 3 is 2.64 bits per heavy atom. The highest BCUT2D eigenvalue weighted by Gasteiger charge is 2.10. The van der Waals surface area contributed by atoms with Crippen LogP contribution in [-0.2, 0) is 0 Å². The fourth-order valence-corrected chi connectivity index (χ4v) is 1.42. The fraction of sp³-hybridized carbons (Fsp3) is 0.125. The molecule has 0 amide bonds. The van der Waals surface area contributed by atoms with Gasteiger partial charge in [0.1, 0.15) is 0 Å². The molecule has 0 aliphatic carbocycles. The van der Waals surface area contributed by atoms with Crippen molar-refractivity contribution >= 4 is 34.2 Å². The normalized spacial score (nSPS) is 10.8. The highest BCUT2D eigenvalue weighted by Crippen LogP contribution is 2.24. The molecule has 0 bridgehead atoms. The van der Waals surface area contributed by atoms with E-state index in [4.69, 9.17) is 27.6 Å². The summed E-state index contributed by atoms with van der Waals surface area (Å²) in [6.07, 6.45) is 0. The molecule has 0 aliphatic rings. The number of aryl methyl sites for hydroxylation is 1. The average Bonchev–Trinajstić information content (AvgIpc) is 2.15. The Balaban J connectivity index is 3.01. The van der Waals surface area contributed by atoms with E-state index in [1.807, 2.05) is 0 Å². The van der Waals surface area contributed by atoms with Crippen LogP contribution < -0.4 is 5.63 Å². The first-order valence-corrected chi connectivity index (χ1v) is 4.47. The van der Waals surface area contributed by atoms with Crippen LogP contribution >= 0.6 is 23.2 Å². The quantitative estimate of drug-likeness (QED) is 0.697. The molecule has 2 heterocycles. The van der Waals surface area contributed by atoms with Crippen LogP contribution in [0.4, 0.5) is 0 Å². The first-order valence-electron chi connectivity index (χ1n) is 3.71. The third-order valence-electron chi connectivity index (χ3n) is 1.76. The lowest BCUT2D eigenvalue weighted by atomic mass is 10.2. The van der Waals surface area contributed by atoms with Crippen molar-refractivity contribution in [1.82, 2.24) is 10.2 Å². The number of halogens is 2. The minimum absolute atomic E-state index is 0.0292. The van der Waals surface area contributed by atoms with Crippen molar-refractivity contribution in [2.75, 3.05) is 0 Å². The molecule has 0 aromatic carbocycles. The minimum Gasteiger partial charge on any atom is -0.419 e. The summed E-state index contributed by atoms with van der Waals surface area (Å²) in [6, 6.07) is 1.57. The van der Waals surface area contributed by atoms with E-state index in [1.165, 1.54) is 0 Å². The first-order chi connectivity index (χ1) is 6.59. The van der Waals surface area contributed by atoms with Crippen LogP contribution in [0.1, 0.15) is 5.56 Å². The van der Waals surface area contributed by atoms with E-state index in [0.29, 0.717) is 10.9 Å². The van der Waals surface area contributed by atoms with Gasteiger partial charge in [0.05, 0.1) is 5.39 Å². The van der Waals surface area contributed by atoms with E-state index < -0.39 is 5.63 Å². The topological polar surface area (TPSA) is 56.0 Å². The molecule has 4 nitrogen and oxygen atoms in total. The van der Waals surface area contributed by atoms with Crippen LogP contribution in [0.5, 0.6) is 0 Å². The SMILES string of the molecule is Cc1cc2c(Cl)nnc(Cl)c2oc1=O. The molecule has 6 heteroatoms. The molecular formula is C8H4Cl2N2O2. The molecular weight excluding hydrogens is 227 g/mol. The summed E-state index contributed by atoms with van der Waals surface area (Å²) >= 11 is 11.4. The van der Waals surface area contributed by atoms with E-state index in [1.54, 1.807) is 13.0 Å². The summed E-state index contributed by atoms with van der Waals surface area (Å²) < 4.78 is 4.93. The standard InChI is InChI=1S/C8H4Cl2N2O2/c1-3-2-4-5(14-8(3)13)7(10)12-11-6(4)9/h2H,1H3. The predicted molar refractivity (Wildman–Crippen MR) is 52.8 cm³/mol. The predicted octanol–water partition coefficient (Wildman–Crippen LogP) is 2.20. The Bertz CT molecular complexity index is 565. The second kappa shape index (κ2) is 3.22. The van der Waals surface area contributed by atoms with Crippen molar-refractivity contribution in [3.05, 3.63) is 32.4 Å². The van der Waals surface area contributed by atoms with Gasteiger partial charge in [-0.3, -0.25) is 0 Å². The Morgan fingerprint density at radius 1 is 1.29 bits per heavy atom. The van der Waals surface area contributed by atoms with Gasteiger partial charge in [-0.25, -0.2) is 4.79 Å². The second-order valence-electron chi connectivity index (χ2n) is 2.74. The van der Waals surface area contributed by atoms with Gasteiger partial charge >= 0.3 is 5.63 Å². The van der Waals surface area contributed by atoms with E-state index >= 15 is 0 Å². The van der Waals surface area contributed by atoms with Crippen LogP contribution in [0, 0.1) is 6.92 Å². The summed E-state index contributed by atoms with van der Waals surface area (Å²) in [5.74, 6) is 0. The molecule has 0 unspecified atom stereocenters. The number of hydrogen-bond acceptors (Lipinski definition) is 4. The molecule has 2 aromatic rings. The molecule has 2 aromatic heterocycles. The zero-order chi connectivity index (χ0) is 10.3.